The molecule has 6 N–H and O–H groups in total. The van der Waals surface area contributed by atoms with Gasteiger partial charge in [-0.15, -0.1) is 0 Å². The number of nitriles is 3. The number of anilines is 6. The van der Waals surface area contributed by atoms with Crippen LogP contribution in [-0.4, -0.2) is 153 Å². The predicted octanol–water partition coefficient (Wildman–Crippen LogP) is 19.4. The van der Waals surface area contributed by atoms with Crippen LogP contribution in [0, 0.1) is 101 Å². The predicted molar refractivity (Wildman–Crippen MR) is 521 cm³/mol. The summed E-state index contributed by atoms with van der Waals surface area (Å²) in [6.45, 7) is 34.8. The summed E-state index contributed by atoms with van der Waals surface area (Å²) in [7, 11) is 0. The minimum absolute atomic E-state index is 0.0444. The number of aryl methyl sites for hydroxylation is 3. The molecule has 15 rings (SSSR count). The topological polar surface area (TPSA) is 363 Å². The summed E-state index contributed by atoms with van der Waals surface area (Å²) in [6.07, 6.45) is 8.40. The molecule has 3 fully saturated rings. The number of hydrogen-bond donors (Lipinski definition) is 3. The van der Waals surface area contributed by atoms with E-state index in [0.29, 0.717) is 50.8 Å². The van der Waals surface area contributed by atoms with Gasteiger partial charge in [0.1, 0.15) is 61.9 Å². The molecule has 0 saturated carbocycles. The second-order valence-corrected chi connectivity index (χ2v) is 36.5. The molecule has 3 aromatic carbocycles. The number of hydrogen-bond acceptors (Lipinski definition) is 21. The van der Waals surface area contributed by atoms with E-state index >= 15 is 26.3 Å². The monoisotopic (exact) mass is 2020 g/mol. The molecule has 3 aliphatic heterocycles. The van der Waals surface area contributed by atoms with Crippen molar-refractivity contribution in [1.82, 2.24) is 58.3 Å². The van der Waals surface area contributed by atoms with Gasteiger partial charge in [0.2, 0.25) is 17.7 Å². The molecule has 3 aliphatic rings. The maximum Gasteiger partial charge on any atom is 0.276 e. The van der Waals surface area contributed by atoms with E-state index in [0.717, 1.165) is 0 Å². The van der Waals surface area contributed by atoms with E-state index in [2.05, 4.69) is 55.7 Å². The molecular weight excluding hydrogens is 1940 g/mol. The number of aromatic nitrogens is 9. The number of nitrogens with zero attached hydrogens (tertiary/aromatic N) is 18. The molecule has 0 spiro atoms. The minimum Gasteiger partial charge on any atom is -0.395 e. The van der Waals surface area contributed by atoms with Gasteiger partial charge < -0.3 is 46.6 Å². The molecule has 0 radical (unpaired) electrons. The first-order valence-electron chi connectivity index (χ1n) is 42.6. The summed E-state index contributed by atoms with van der Waals surface area (Å²) in [5.41, 5.74) is 12.3. The third-order valence-corrected chi connectivity index (χ3v) is 26.6. The Labute approximate surface area is 819 Å². The molecule has 714 valence electrons. The highest BCUT2D eigenvalue weighted by Gasteiger charge is 2.40. The van der Waals surface area contributed by atoms with Crippen molar-refractivity contribution in [3.05, 3.63) is 256 Å². The summed E-state index contributed by atoms with van der Waals surface area (Å²) in [5, 5.41) is 28.0. The van der Waals surface area contributed by atoms with Crippen molar-refractivity contribution < 1.29 is 49.5 Å². The number of nitrogens with two attached hydrogens (primary N) is 3. The van der Waals surface area contributed by atoms with Crippen molar-refractivity contribution in [1.29, 1.82) is 15.8 Å². The van der Waals surface area contributed by atoms with Gasteiger partial charge in [0, 0.05) is 112 Å². The van der Waals surface area contributed by atoms with Gasteiger partial charge in [-0.2, -0.15) is 15.8 Å². The molecule has 0 bridgehead atoms. The van der Waals surface area contributed by atoms with Crippen LogP contribution >= 0.6 is 81.2 Å². The zero-order chi connectivity index (χ0) is 101. The molecule has 27 nitrogen and oxygen atoms in total. The normalized spacial score (nSPS) is 15.0. The Hall–Kier alpha value is -13.4. The fourth-order valence-electron chi connectivity index (χ4n) is 17.5. The molecule has 0 unspecified atom stereocenters. The Balaban J connectivity index is 0.000000175. The van der Waals surface area contributed by atoms with E-state index in [1.54, 1.807) is 87.0 Å². The molecule has 3 amide bonds. The first-order chi connectivity index (χ1) is 65.2. The summed E-state index contributed by atoms with van der Waals surface area (Å²) in [6, 6.07) is 14.2. The van der Waals surface area contributed by atoms with Gasteiger partial charge in [-0.25, -0.2) is 50.1 Å². The van der Waals surface area contributed by atoms with E-state index in [-0.39, 0.29) is 200 Å². The highest BCUT2D eigenvalue weighted by atomic mass is 35.5. The van der Waals surface area contributed by atoms with E-state index in [4.69, 9.17) is 98.4 Å². The van der Waals surface area contributed by atoms with E-state index in [9.17, 15) is 53.3 Å². The van der Waals surface area contributed by atoms with E-state index < -0.39 is 128 Å². The minimum atomic E-state index is -1.68. The summed E-state index contributed by atoms with van der Waals surface area (Å²) >= 11 is 43.4. The Kier molecular flexibility index (Phi) is 29.8. The highest BCUT2D eigenvalue weighted by Crippen LogP contribution is 2.49. The fourth-order valence-corrected chi connectivity index (χ4v) is 18.9. The first kappa shape index (κ1) is 102. The largest absolute Gasteiger partial charge is 0.395 e. The lowest BCUT2D eigenvalue weighted by Gasteiger charge is -2.41. The third-order valence-electron chi connectivity index (χ3n) is 24.1. The number of pyridine rings is 9. The average Bonchev–Trinajstić information content (AvgIpc) is 0.726. The molecule has 42 heteroatoms. The number of amides is 3. The Morgan fingerprint density at radius 2 is 0.652 bits per heavy atom. The lowest BCUT2D eigenvalue weighted by molar-refractivity contribution is -0.129. The quantitative estimate of drug-likeness (QED) is 0.0282. The summed E-state index contributed by atoms with van der Waals surface area (Å²) in [5.74, 6) is -13.2. The summed E-state index contributed by atoms with van der Waals surface area (Å²) in [4.78, 5) is 118. The van der Waals surface area contributed by atoms with Crippen LogP contribution in [0.1, 0.15) is 131 Å². The number of nitrogen functional groups attached to an aromatic ring is 3. The van der Waals surface area contributed by atoms with Crippen molar-refractivity contribution in [2.24, 2.45) is 0 Å². The Bertz CT molecular complexity index is 6790. The van der Waals surface area contributed by atoms with Gasteiger partial charge in [-0.3, -0.25) is 57.4 Å². The van der Waals surface area contributed by atoms with Crippen LogP contribution in [-0.2, 0) is 14.4 Å². The van der Waals surface area contributed by atoms with E-state index in [1.165, 1.54) is 50.1 Å². The first-order valence-corrected chi connectivity index (χ1v) is 45.2. The van der Waals surface area contributed by atoms with Crippen molar-refractivity contribution >= 4 is 166 Å². The lowest BCUT2D eigenvalue weighted by Crippen LogP contribution is -2.54. The van der Waals surface area contributed by atoms with Gasteiger partial charge in [0.25, 0.3) is 16.7 Å². The number of benzene rings is 3. The standard InChI is InChI=1S/C32H28Cl3F2N7O2.2C32H28Cl2F3N7O2/c1-6-20(45)43-10-9-42(13-16(43)5)30-17-11-19(33)28(21-24(36)22(34)23(35)26(39)25(21)37)41-31(17)44(32(46)18(30)12-38)29-15(4)7-8-40-27(29)14(2)3;2*1-6-20(45)43-10-9-42(13-16(43)5)30-17-11-19(33)28(21-23(35)25(37)22(34)26(39)24(21)36)41-31(17)44(32(46)18(30)12-38)29-15(4)7-8-40-27(29)14(2)3/h3*6-8,11,14,16H,1,9-10,13,39H2,2-5H3/t3*16-/m111/s1. The van der Waals surface area contributed by atoms with Crippen molar-refractivity contribution in [2.75, 3.05) is 90.8 Å². The molecule has 9 aromatic heterocycles. The van der Waals surface area contributed by atoms with Crippen LogP contribution in [0.2, 0.25) is 35.2 Å². The van der Waals surface area contributed by atoms with Crippen molar-refractivity contribution in [3.8, 4) is 69.0 Å². The smallest absolute Gasteiger partial charge is 0.276 e. The molecule has 138 heavy (non-hydrogen) atoms. The van der Waals surface area contributed by atoms with Crippen LogP contribution in [0.15, 0.2) is 107 Å². The van der Waals surface area contributed by atoms with Crippen LogP contribution in [0.4, 0.5) is 69.2 Å². The van der Waals surface area contributed by atoms with Crippen LogP contribution in [0.3, 0.4) is 0 Å². The number of halogens is 15. The Morgan fingerprint density at radius 3 is 0.891 bits per heavy atom. The second-order valence-electron chi connectivity index (χ2n) is 33.8. The third kappa shape index (κ3) is 17.7. The summed E-state index contributed by atoms with van der Waals surface area (Å²) < 4.78 is 126. The van der Waals surface area contributed by atoms with Gasteiger partial charge in [0.15, 0.2) is 46.5 Å². The van der Waals surface area contributed by atoms with Crippen LogP contribution in [0.5, 0.6) is 0 Å². The number of rotatable bonds is 15. The van der Waals surface area contributed by atoms with Gasteiger partial charge in [0.05, 0.1) is 127 Å². The Morgan fingerprint density at radius 1 is 0.399 bits per heavy atom. The second kappa shape index (κ2) is 40.3. The van der Waals surface area contributed by atoms with Crippen LogP contribution in [0.25, 0.3) is 83.9 Å². The maximum atomic E-state index is 15.6. The molecule has 3 atom stereocenters. The number of fused-ring (bicyclic) bond motifs is 3. The highest BCUT2D eigenvalue weighted by molar-refractivity contribution is 6.44. The molecule has 0 aliphatic carbocycles. The van der Waals surface area contributed by atoms with Gasteiger partial charge in [-0.05, 0) is 131 Å². The molecule has 3 saturated heterocycles. The fraction of sp³-hybridized carbons (Fsp3) is 0.281. The molecule has 12 heterocycles. The zero-order valence-electron chi connectivity index (χ0n) is 75.8. The van der Waals surface area contributed by atoms with Crippen molar-refractivity contribution in [3.63, 3.8) is 0 Å². The molecular formula is C96H84Cl7F8N21O6. The average molecular weight is 2030 g/mol. The van der Waals surface area contributed by atoms with Gasteiger partial charge in [-0.1, -0.05) is 142 Å². The number of carbonyl (C=O) groups excluding carboxylic acids is 3. The zero-order valence-corrected chi connectivity index (χ0v) is 81.1. The van der Waals surface area contributed by atoms with Crippen molar-refractivity contribution in [2.45, 2.75) is 119 Å². The maximum absolute atomic E-state index is 15.6. The molecule has 12 aromatic rings. The SMILES string of the molecule is C=CC(=O)N1CCN(c2c(C#N)c(=O)n(-c3c(C)ccnc3C(C)C)c3nc(-c4c(F)c(N)c(Cl)c(Cl)c4F)c(Cl)cc23)C[C@H]1C.C=CC(=O)N1CCN(c2c(C#N)c(=O)n(-c3c(C)ccnc3C(C)C)c3nc(-c4c(F)c(N)c(Cl)c(F)c4F)c(Cl)cc23)C[C@H]1C.C=CC(=O)N1CCN(c2c(C#N)c(=O)n(-c3c(C)ccnc3C(C)C)c3nc(-c4c(F)c(N)c(Cl)c(F)c4F)c(Cl)cc23)C[C@H]1C. The lowest BCUT2D eigenvalue weighted by atomic mass is 10.0. The van der Waals surface area contributed by atoms with Gasteiger partial charge >= 0.3 is 0 Å². The van der Waals surface area contributed by atoms with Crippen LogP contribution < -0.4 is 48.6 Å². The number of piperazine rings is 3. The number of carbonyl (C=O) groups is 3. The van der Waals surface area contributed by atoms with E-state index in [1.807, 2.05) is 74.5 Å².